The Kier molecular flexibility index (Phi) is 2.85. The first-order chi connectivity index (χ1) is 6.86. The molecule has 80 valence electrons. The summed E-state index contributed by atoms with van der Waals surface area (Å²) >= 11 is 0. The summed E-state index contributed by atoms with van der Waals surface area (Å²) in [5, 5.41) is 0. The van der Waals surface area contributed by atoms with Crippen LogP contribution in [-0.2, 0) is 11.0 Å². The molecule has 0 aliphatic rings. The van der Waals surface area contributed by atoms with Gasteiger partial charge in [0.2, 0.25) is 6.08 Å². The summed E-state index contributed by atoms with van der Waals surface area (Å²) in [6.45, 7) is 0. The Hall–Kier alpha value is -1.75. The first kappa shape index (κ1) is 11.3. The van der Waals surface area contributed by atoms with Crippen molar-refractivity contribution in [2.75, 3.05) is 0 Å². The van der Waals surface area contributed by atoms with Gasteiger partial charge in [-0.25, -0.2) is 13.6 Å². The predicted molar refractivity (Wildman–Crippen MR) is 39.1 cm³/mol. The van der Waals surface area contributed by atoms with Crippen LogP contribution in [0.1, 0.15) is 5.56 Å². The minimum Gasteiger partial charge on any atom is -0.211 e. The zero-order valence-corrected chi connectivity index (χ0v) is 6.90. The highest BCUT2D eigenvalue weighted by Gasteiger charge is 2.35. The van der Waals surface area contributed by atoms with Crippen LogP contribution in [-0.4, -0.2) is 6.08 Å². The summed E-state index contributed by atoms with van der Waals surface area (Å²) in [5.41, 5.74) is -2.84. The van der Waals surface area contributed by atoms with Gasteiger partial charge in [0.1, 0.15) is 11.5 Å². The number of halogens is 5. The van der Waals surface area contributed by atoms with E-state index in [0.717, 1.165) is 6.08 Å². The second-order valence-corrected chi connectivity index (χ2v) is 2.49. The average Bonchev–Trinajstić information content (AvgIpc) is 2.09. The van der Waals surface area contributed by atoms with Crippen molar-refractivity contribution in [1.82, 2.24) is 0 Å². The van der Waals surface area contributed by atoms with Gasteiger partial charge < -0.3 is 0 Å². The molecule has 0 saturated carbocycles. The van der Waals surface area contributed by atoms with Gasteiger partial charge in [0, 0.05) is 6.07 Å². The summed E-state index contributed by atoms with van der Waals surface area (Å²) in [6, 6.07) is 0.356. The lowest BCUT2D eigenvalue weighted by Gasteiger charge is -2.08. The molecule has 0 amide bonds. The van der Waals surface area contributed by atoms with Crippen molar-refractivity contribution in [2.45, 2.75) is 6.18 Å². The molecule has 1 aromatic rings. The van der Waals surface area contributed by atoms with Crippen LogP contribution in [0.2, 0.25) is 0 Å². The molecule has 0 N–H and O–H groups in total. The van der Waals surface area contributed by atoms with Crippen LogP contribution >= 0.6 is 0 Å². The van der Waals surface area contributed by atoms with Gasteiger partial charge in [-0.3, -0.25) is 0 Å². The highest BCUT2D eigenvalue weighted by Crippen LogP contribution is 2.35. The van der Waals surface area contributed by atoms with E-state index in [1.165, 1.54) is 0 Å². The monoisotopic (exact) mass is 223 g/mol. The quantitative estimate of drug-likeness (QED) is 0.409. The van der Waals surface area contributed by atoms with Crippen LogP contribution < -0.4 is 0 Å². The van der Waals surface area contributed by atoms with Gasteiger partial charge in [-0.15, -0.1) is 0 Å². The Labute approximate surface area is 80.0 Å². The SMILES string of the molecule is O=C=Nc1cc(F)cc(C(F)(F)F)c1F. The Bertz CT molecular complexity index is 433. The lowest BCUT2D eigenvalue weighted by atomic mass is 10.1. The van der Waals surface area contributed by atoms with Crippen molar-refractivity contribution in [3.8, 4) is 0 Å². The third-order valence-corrected chi connectivity index (χ3v) is 1.49. The molecular weight excluding hydrogens is 221 g/mol. The van der Waals surface area contributed by atoms with Gasteiger partial charge >= 0.3 is 6.18 Å². The average molecular weight is 223 g/mol. The molecule has 0 heterocycles. The van der Waals surface area contributed by atoms with Gasteiger partial charge in [0.25, 0.3) is 0 Å². The highest BCUT2D eigenvalue weighted by atomic mass is 19.4. The van der Waals surface area contributed by atoms with E-state index in [1.807, 2.05) is 0 Å². The summed E-state index contributed by atoms with van der Waals surface area (Å²) in [6.07, 6.45) is -4.21. The van der Waals surface area contributed by atoms with Crippen molar-refractivity contribution < 1.29 is 26.7 Å². The fourth-order valence-corrected chi connectivity index (χ4v) is 0.912. The molecule has 2 nitrogen and oxygen atoms in total. The number of rotatable bonds is 1. The van der Waals surface area contributed by atoms with Crippen LogP contribution in [0.3, 0.4) is 0 Å². The van der Waals surface area contributed by atoms with E-state index >= 15 is 0 Å². The molecule has 0 aliphatic carbocycles. The lowest BCUT2D eigenvalue weighted by Crippen LogP contribution is -2.08. The summed E-state index contributed by atoms with van der Waals surface area (Å²) in [7, 11) is 0. The minimum absolute atomic E-state index is 0.0147. The predicted octanol–water partition coefficient (Wildman–Crippen LogP) is 2.95. The van der Waals surface area contributed by atoms with Crippen molar-refractivity contribution in [2.24, 2.45) is 4.99 Å². The maximum atomic E-state index is 13.0. The molecule has 0 saturated heterocycles. The largest absolute Gasteiger partial charge is 0.419 e. The molecule has 0 atom stereocenters. The second-order valence-electron chi connectivity index (χ2n) is 2.49. The standard InChI is InChI=1S/C8H2F5NO/c9-4-1-5(8(11,12)13)7(10)6(2-4)14-3-15/h1-2H. The molecule has 0 unspecified atom stereocenters. The molecule has 0 fully saturated rings. The molecule has 0 aliphatic heterocycles. The summed E-state index contributed by atoms with van der Waals surface area (Å²) in [5.74, 6) is -3.13. The first-order valence-corrected chi connectivity index (χ1v) is 3.50. The molecule has 0 spiro atoms. The van der Waals surface area contributed by atoms with Crippen LogP contribution in [0, 0.1) is 11.6 Å². The Morgan fingerprint density at radius 1 is 1.20 bits per heavy atom. The number of isocyanates is 1. The second kappa shape index (κ2) is 3.78. The fourth-order valence-electron chi connectivity index (χ4n) is 0.912. The highest BCUT2D eigenvalue weighted by molar-refractivity contribution is 5.51. The van der Waals surface area contributed by atoms with E-state index < -0.39 is 29.1 Å². The van der Waals surface area contributed by atoms with E-state index in [1.54, 1.807) is 0 Å². The molecule has 1 aromatic carbocycles. The minimum atomic E-state index is -5.04. The van der Waals surface area contributed by atoms with Crippen molar-refractivity contribution >= 4 is 11.8 Å². The Morgan fingerprint density at radius 2 is 1.80 bits per heavy atom. The summed E-state index contributed by atoms with van der Waals surface area (Å²) < 4.78 is 61.9. The van der Waals surface area contributed by atoms with Crippen LogP contribution in [0.5, 0.6) is 0 Å². The number of alkyl halides is 3. The van der Waals surface area contributed by atoms with Gasteiger partial charge in [0.15, 0.2) is 5.82 Å². The smallest absolute Gasteiger partial charge is 0.211 e. The molecular formula is C8H2F5NO. The van der Waals surface area contributed by atoms with E-state index in [0.29, 0.717) is 6.07 Å². The van der Waals surface area contributed by atoms with Crippen molar-refractivity contribution in [1.29, 1.82) is 0 Å². The number of benzene rings is 1. The molecule has 1 rings (SSSR count). The van der Waals surface area contributed by atoms with E-state index in [2.05, 4.69) is 4.99 Å². The molecule has 15 heavy (non-hydrogen) atoms. The van der Waals surface area contributed by atoms with Crippen LogP contribution in [0.25, 0.3) is 0 Å². The molecule has 0 aromatic heterocycles. The van der Waals surface area contributed by atoms with Crippen LogP contribution in [0.4, 0.5) is 27.6 Å². The van der Waals surface area contributed by atoms with E-state index in [4.69, 9.17) is 0 Å². The zero-order chi connectivity index (χ0) is 11.6. The topological polar surface area (TPSA) is 29.4 Å². The van der Waals surface area contributed by atoms with Gasteiger partial charge in [-0.05, 0) is 6.07 Å². The van der Waals surface area contributed by atoms with E-state index in [9.17, 15) is 26.7 Å². The zero-order valence-electron chi connectivity index (χ0n) is 6.90. The third-order valence-electron chi connectivity index (χ3n) is 1.49. The number of carbonyl (C=O) groups excluding carboxylic acids is 1. The maximum Gasteiger partial charge on any atom is 0.419 e. The normalized spacial score (nSPS) is 11.0. The van der Waals surface area contributed by atoms with Crippen molar-refractivity contribution in [3.05, 3.63) is 29.3 Å². The van der Waals surface area contributed by atoms with Gasteiger partial charge in [0.05, 0.1) is 5.56 Å². The number of hydrogen-bond acceptors (Lipinski definition) is 2. The number of hydrogen-bond donors (Lipinski definition) is 0. The van der Waals surface area contributed by atoms with Crippen molar-refractivity contribution in [3.63, 3.8) is 0 Å². The molecule has 0 radical (unpaired) electrons. The van der Waals surface area contributed by atoms with E-state index in [-0.39, 0.29) is 6.07 Å². The van der Waals surface area contributed by atoms with Crippen LogP contribution in [0.15, 0.2) is 17.1 Å². The third kappa shape index (κ3) is 2.38. The maximum absolute atomic E-state index is 13.0. The Balaban J connectivity index is 3.48. The first-order valence-electron chi connectivity index (χ1n) is 3.50. The molecule has 0 bridgehead atoms. The molecule has 7 heteroatoms. The number of nitrogens with zero attached hydrogens (tertiary/aromatic N) is 1. The fraction of sp³-hybridized carbons (Fsp3) is 0.125. The van der Waals surface area contributed by atoms with Gasteiger partial charge in [-0.1, -0.05) is 0 Å². The van der Waals surface area contributed by atoms with Gasteiger partial charge in [-0.2, -0.15) is 18.2 Å². The lowest BCUT2D eigenvalue weighted by molar-refractivity contribution is -0.140. The number of aliphatic imine (C=N–C) groups is 1. The Morgan fingerprint density at radius 3 is 2.27 bits per heavy atom. The summed E-state index contributed by atoms with van der Waals surface area (Å²) in [4.78, 5) is 12.4.